The first kappa shape index (κ1) is 25.6. The maximum atomic E-state index is 13.5. The number of aromatic nitrogens is 1. The highest BCUT2D eigenvalue weighted by atomic mass is 35.5. The monoisotopic (exact) mass is 550 g/mol. The molecule has 1 atom stereocenters. The van der Waals surface area contributed by atoms with E-state index < -0.39 is 17.7 Å². The Labute approximate surface area is 227 Å². The number of thiazole rings is 1. The molecular formula is C28H23ClN2O6S. The number of hydrogen-bond acceptors (Lipinski definition) is 8. The number of carbonyl (C=O) groups excluding carboxylic acids is 2. The molecule has 1 aliphatic heterocycles. The number of amides is 1. The molecule has 1 amide bonds. The Kier molecular flexibility index (Phi) is 6.96. The van der Waals surface area contributed by atoms with Crippen LogP contribution in [0.2, 0.25) is 5.02 Å². The SMILES string of the molecule is CCCOc1cccc(C(O)=C2C(=O)C(=O)N(c3nc4ccc(Cl)cc4s3)C2c2ccc(O)c(OC)c2)c1. The molecule has 0 saturated carbocycles. The summed E-state index contributed by atoms with van der Waals surface area (Å²) in [6.45, 7) is 2.47. The first-order chi connectivity index (χ1) is 18.3. The molecule has 2 heterocycles. The van der Waals surface area contributed by atoms with Crippen molar-refractivity contribution < 1.29 is 29.3 Å². The van der Waals surface area contributed by atoms with Crippen molar-refractivity contribution in [3.05, 3.63) is 82.4 Å². The molecule has 8 nitrogen and oxygen atoms in total. The molecule has 3 aromatic carbocycles. The van der Waals surface area contributed by atoms with Crippen LogP contribution in [0.15, 0.2) is 66.2 Å². The van der Waals surface area contributed by atoms with Crippen molar-refractivity contribution in [2.75, 3.05) is 18.6 Å². The van der Waals surface area contributed by atoms with Gasteiger partial charge in [-0.3, -0.25) is 14.5 Å². The van der Waals surface area contributed by atoms with Crippen molar-refractivity contribution in [1.82, 2.24) is 4.98 Å². The minimum Gasteiger partial charge on any atom is -0.507 e. The molecule has 2 N–H and O–H groups in total. The van der Waals surface area contributed by atoms with E-state index in [0.29, 0.717) is 34.0 Å². The van der Waals surface area contributed by atoms with E-state index in [4.69, 9.17) is 21.1 Å². The summed E-state index contributed by atoms with van der Waals surface area (Å²) < 4.78 is 11.7. The maximum absolute atomic E-state index is 13.5. The van der Waals surface area contributed by atoms with Crippen molar-refractivity contribution in [2.24, 2.45) is 0 Å². The summed E-state index contributed by atoms with van der Waals surface area (Å²) in [5.74, 6) is -1.49. The van der Waals surface area contributed by atoms with Gasteiger partial charge >= 0.3 is 5.91 Å². The third kappa shape index (κ3) is 4.55. The van der Waals surface area contributed by atoms with E-state index in [1.54, 1.807) is 48.5 Å². The zero-order valence-corrected chi connectivity index (χ0v) is 22.0. The van der Waals surface area contributed by atoms with E-state index in [2.05, 4.69) is 4.98 Å². The second-order valence-corrected chi connectivity index (χ2v) is 10.0. The summed E-state index contributed by atoms with van der Waals surface area (Å²) in [5.41, 5.74) is 1.26. The van der Waals surface area contributed by atoms with Gasteiger partial charge < -0.3 is 19.7 Å². The van der Waals surface area contributed by atoms with E-state index in [1.807, 2.05) is 6.92 Å². The van der Waals surface area contributed by atoms with Gasteiger partial charge in [-0.15, -0.1) is 0 Å². The average Bonchev–Trinajstić information content (AvgIpc) is 3.45. The first-order valence-corrected chi connectivity index (χ1v) is 13.0. The third-order valence-corrected chi connectivity index (χ3v) is 7.34. The van der Waals surface area contributed by atoms with Gasteiger partial charge in [-0.2, -0.15) is 0 Å². The van der Waals surface area contributed by atoms with Crippen LogP contribution >= 0.6 is 22.9 Å². The minimum atomic E-state index is -1.04. The van der Waals surface area contributed by atoms with Gasteiger partial charge in [0.05, 0.1) is 35.5 Å². The molecule has 1 fully saturated rings. The zero-order chi connectivity index (χ0) is 27.0. The number of nitrogens with zero attached hydrogens (tertiary/aromatic N) is 2. The standard InChI is InChI=1S/C28H23ClN2O6S/c1-3-11-37-18-6-4-5-16(12-18)25(33)23-24(15-7-10-20(32)21(13-15)36-2)31(27(35)26(23)34)28-30-19-9-8-17(29)14-22(19)38-28/h4-10,12-14,24,32-33H,3,11H2,1-2H3. The number of ketones is 1. The van der Waals surface area contributed by atoms with Gasteiger partial charge in [0.2, 0.25) is 0 Å². The van der Waals surface area contributed by atoms with E-state index in [-0.39, 0.29) is 28.0 Å². The zero-order valence-electron chi connectivity index (χ0n) is 20.5. The second kappa shape index (κ2) is 10.4. The molecule has 0 bridgehead atoms. The van der Waals surface area contributed by atoms with Gasteiger partial charge in [0.1, 0.15) is 11.5 Å². The minimum absolute atomic E-state index is 0.108. The van der Waals surface area contributed by atoms with Gasteiger partial charge in [0, 0.05) is 10.6 Å². The smallest absolute Gasteiger partial charge is 0.301 e. The molecule has 4 aromatic rings. The summed E-state index contributed by atoms with van der Waals surface area (Å²) in [4.78, 5) is 32.8. The number of benzene rings is 3. The summed E-state index contributed by atoms with van der Waals surface area (Å²) in [6, 6.07) is 15.3. The number of fused-ring (bicyclic) bond motifs is 1. The van der Waals surface area contributed by atoms with E-state index >= 15 is 0 Å². The van der Waals surface area contributed by atoms with Gasteiger partial charge in [0.15, 0.2) is 16.6 Å². The number of phenols is 1. The Bertz CT molecular complexity index is 1600. The lowest BCUT2D eigenvalue weighted by molar-refractivity contribution is -0.132. The molecule has 0 spiro atoms. The highest BCUT2D eigenvalue weighted by Crippen LogP contribution is 2.46. The number of aromatic hydroxyl groups is 1. The number of aliphatic hydroxyl groups is 1. The first-order valence-electron chi connectivity index (χ1n) is 11.8. The molecule has 1 aromatic heterocycles. The van der Waals surface area contributed by atoms with Crippen LogP contribution in [-0.4, -0.2) is 40.6 Å². The van der Waals surface area contributed by atoms with E-state index in [1.165, 1.54) is 35.5 Å². The summed E-state index contributed by atoms with van der Waals surface area (Å²) in [6.07, 6.45) is 0.803. The Morgan fingerprint density at radius 2 is 1.95 bits per heavy atom. The predicted octanol–water partition coefficient (Wildman–Crippen LogP) is 6.08. The number of methoxy groups -OCH3 is 1. The molecule has 0 aliphatic carbocycles. The number of rotatable bonds is 7. The van der Waals surface area contributed by atoms with Crippen LogP contribution in [0.3, 0.4) is 0 Å². The van der Waals surface area contributed by atoms with Gasteiger partial charge in [-0.25, -0.2) is 4.98 Å². The normalized spacial score (nSPS) is 16.8. The van der Waals surface area contributed by atoms with Crippen LogP contribution in [0, 0.1) is 0 Å². The van der Waals surface area contributed by atoms with Crippen molar-refractivity contribution in [1.29, 1.82) is 0 Å². The van der Waals surface area contributed by atoms with Crippen LogP contribution in [0.1, 0.15) is 30.5 Å². The van der Waals surface area contributed by atoms with Crippen molar-refractivity contribution in [2.45, 2.75) is 19.4 Å². The van der Waals surface area contributed by atoms with Crippen LogP contribution in [-0.2, 0) is 9.59 Å². The van der Waals surface area contributed by atoms with Gasteiger partial charge in [-0.1, -0.05) is 48.1 Å². The summed E-state index contributed by atoms with van der Waals surface area (Å²) in [5, 5.41) is 22.4. The fraction of sp³-hybridized carbons (Fsp3) is 0.179. The van der Waals surface area contributed by atoms with Gasteiger partial charge in [0.25, 0.3) is 5.78 Å². The van der Waals surface area contributed by atoms with Crippen LogP contribution < -0.4 is 14.4 Å². The second-order valence-electron chi connectivity index (χ2n) is 8.59. The topological polar surface area (TPSA) is 109 Å². The maximum Gasteiger partial charge on any atom is 0.301 e. The largest absolute Gasteiger partial charge is 0.507 e. The molecule has 5 rings (SSSR count). The molecule has 0 radical (unpaired) electrons. The van der Waals surface area contributed by atoms with Crippen LogP contribution in [0.25, 0.3) is 16.0 Å². The number of halogens is 1. The number of Topliss-reactive ketones (excluding diaryl/α,β-unsaturated/α-hetero) is 1. The highest BCUT2D eigenvalue weighted by molar-refractivity contribution is 7.22. The fourth-order valence-electron chi connectivity index (χ4n) is 4.31. The molecule has 1 unspecified atom stereocenters. The number of hydrogen-bond donors (Lipinski definition) is 2. The summed E-state index contributed by atoms with van der Waals surface area (Å²) >= 11 is 7.34. The number of aliphatic hydroxyl groups excluding tert-OH is 1. The molecule has 10 heteroatoms. The van der Waals surface area contributed by atoms with E-state index in [0.717, 1.165) is 11.1 Å². The Morgan fingerprint density at radius 1 is 1.13 bits per heavy atom. The van der Waals surface area contributed by atoms with Crippen LogP contribution in [0.5, 0.6) is 17.2 Å². The van der Waals surface area contributed by atoms with Crippen molar-refractivity contribution in [3.8, 4) is 17.2 Å². The fourth-order valence-corrected chi connectivity index (χ4v) is 5.58. The highest BCUT2D eigenvalue weighted by Gasteiger charge is 2.48. The van der Waals surface area contributed by atoms with Crippen molar-refractivity contribution >= 4 is 55.7 Å². The Balaban J connectivity index is 1.71. The third-order valence-electron chi connectivity index (χ3n) is 6.09. The Morgan fingerprint density at radius 3 is 2.71 bits per heavy atom. The van der Waals surface area contributed by atoms with Gasteiger partial charge in [-0.05, 0) is 54.4 Å². The lowest BCUT2D eigenvalue weighted by Gasteiger charge is -2.23. The molecule has 38 heavy (non-hydrogen) atoms. The molecular weight excluding hydrogens is 528 g/mol. The predicted molar refractivity (Wildman–Crippen MR) is 146 cm³/mol. The molecule has 194 valence electrons. The molecule has 1 saturated heterocycles. The number of ether oxygens (including phenoxy) is 2. The number of phenolic OH excluding ortho intramolecular Hbond substituents is 1. The number of anilines is 1. The quantitative estimate of drug-likeness (QED) is 0.163. The lowest BCUT2D eigenvalue weighted by atomic mass is 9.95. The van der Waals surface area contributed by atoms with E-state index in [9.17, 15) is 19.8 Å². The van der Waals surface area contributed by atoms with Crippen LogP contribution in [0.4, 0.5) is 5.13 Å². The number of carbonyl (C=O) groups is 2. The summed E-state index contributed by atoms with van der Waals surface area (Å²) in [7, 11) is 1.40. The average molecular weight is 551 g/mol. The lowest BCUT2D eigenvalue weighted by Crippen LogP contribution is -2.29. The Hall–Kier alpha value is -4.08. The van der Waals surface area contributed by atoms with Crippen molar-refractivity contribution in [3.63, 3.8) is 0 Å². The molecule has 1 aliphatic rings.